The molecule has 7 rings (SSSR count). The van der Waals surface area contributed by atoms with Gasteiger partial charge < -0.3 is 0 Å². The molecule has 1 aromatic carbocycles. The van der Waals surface area contributed by atoms with E-state index in [0.717, 1.165) is 5.41 Å². The van der Waals surface area contributed by atoms with Crippen molar-refractivity contribution in [1.82, 2.24) is 0 Å². The summed E-state index contributed by atoms with van der Waals surface area (Å²) in [7, 11) is 0. The van der Waals surface area contributed by atoms with Gasteiger partial charge in [-0.05, 0) is 121 Å². The molecule has 0 atom stereocenters. The van der Waals surface area contributed by atoms with Gasteiger partial charge >= 0.3 is 0 Å². The van der Waals surface area contributed by atoms with Gasteiger partial charge in [-0.25, -0.2) is 0 Å². The molecule has 114 valence electrons. The molecule has 6 saturated carbocycles. The molecule has 0 aliphatic heterocycles. The van der Waals surface area contributed by atoms with Gasteiger partial charge in [0.15, 0.2) is 0 Å². The third kappa shape index (κ3) is 0.847. The van der Waals surface area contributed by atoms with Gasteiger partial charge in [0.25, 0.3) is 0 Å². The van der Waals surface area contributed by atoms with Crippen molar-refractivity contribution in [2.24, 2.45) is 46.8 Å². The van der Waals surface area contributed by atoms with Crippen LogP contribution in [0.1, 0.15) is 39.8 Å². The summed E-state index contributed by atoms with van der Waals surface area (Å²) in [6.45, 7) is 13.3. The van der Waals surface area contributed by atoms with Crippen molar-refractivity contribution in [3.05, 3.63) is 40.0 Å². The second-order valence-corrected chi connectivity index (χ2v) is 9.10. The highest BCUT2D eigenvalue weighted by molar-refractivity contribution is 5.62. The molecule has 6 aliphatic carbocycles. The number of hydrogen-bond acceptors (Lipinski definition) is 0. The SMILES string of the molecule is C=Cc1c(C)c(C)c(CCC23C4C5C6C4C2C6C53)c(C)c1C. The summed E-state index contributed by atoms with van der Waals surface area (Å²) in [4.78, 5) is 0. The molecule has 0 nitrogen and oxygen atoms in total. The molecule has 0 spiro atoms. The minimum absolute atomic E-state index is 0.868. The molecule has 0 aromatic heterocycles. The maximum atomic E-state index is 4.02. The quantitative estimate of drug-likeness (QED) is 0.742. The van der Waals surface area contributed by atoms with Crippen molar-refractivity contribution >= 4 is 6.08 Å². The summed E-state index contributed by atoms with van der Waals surface area (Å²) in [6.07, 6.45) is 4.88. The third-order valence-electron chi connectivity index (χ3n) is 9.53. The normalized spacial score (nSPS) is 50.1. The Morgan fingerprint density at radius 3 is 1.77 bits per heavy atom. The first-order chi connectivity index (χ1) is 10.6. The third-order valence-corrected chi connectivity index (χ3v) is 9.53. The van der Waals surface area contributed by atoms with Crippen LogP contribution in [0.5, 0.6) is 0 Å². The molecule has 0 heteroatoms. The monoisotopic (exact) mass is 290 g/mol. The van der Waals surface area contributed by atoms with E-state index in [0.29, 0.717) is 0 Å². The summed E-state index contributed by atoms with van der Waals surface area (Å²) >= 11 is 0. The summed E-state index contributed by atoms with van der Waals surface area (Å²) in [5, 5.41) is 0. The van der Waals surface area contributed by atoms with E-state index in [1.807, 2.05) is 6.08 Å². The predicted octanol–water partition coefficient (Wildman–Crippen LogP) is 4.86. The molecule has 6 aliphatic rings. The Morgan fingerprint density at radius 1 is 0.818 bits per heavy atom. The molecule has 0 unspecified atom stereocenters. The van der Waals surface area contributed by atoms with E-state index in [2.05, 4.69) is 34.3 Å². The Hall–Kier alpha value is -1.04. The van der Waals surface area contributed by atoms with Crippen LogP contribution in [0.4, 0.5) is 0 Å². The molecule has 1 aromatic rings. The van der Waals surface area contributed by atoms with Crippen LogP contribution in [-0.4, -0.2) is 0 Å². The maximum Gasteiger partial charge on any atom is -0.0192 e. The molecule has 22 heavy (non-hydrogen) atoms. The summed E-state index contributed by atoms with van der Waals surface area (Å²) in [5.41, 5.74) is 9.89. The molecule has 0 saturated heterocycles. The Labute approximate surface area is 134 Å². The van der Waals surface area contributed by atoms with Crippen molar-refractivity contribution in [3.63, 3.8) is 0 Å². The molecular formula is C22H26. The first-order valence-corrected chi connectivity index (χ1v) is 9.27. The molecule has 0 radical (unpaired) electrons. The predicted molar refractivity (Wildman–Crippen MR) is 90.7 cm³/mol. The second kappa shape index (κ2) is 3.25. The highest BCUT2D eigenvalue weighted by atomic mass is 15.1. The highest BCUT2D eigenvalue weighted by Gasteiger charge is 3.03. The van der Waals surface area contributed by atoms with Crippen molar-refractivity contribution in [2.75, 3.05) is 0 Å². The highest BCUT2D eigenvalue weighted by Crippen LogP contribution is 3.06. The lowest BCUT2D eigenvalue weighted by molar-refractivity contribution is -0.616. The zero-order chi connectivity index (χ0) is 15.1. The van der Waals surface area contributed by atoms with E-state index < -0.39 is 0 Å². The first-order valence-electron chi connectivity index (χ1n) is 9.27. The topological polar surface area (TPSA) is 0 Å². The van der Waals surface area contributed by atoms with Crippen LogP contribution in [0.2, 0.25) is 0 Å². The van der Waals surface area contributed by atoms with Crippen LogP contribution < -0.4 is 0 Å². The zero-order valence-electron chi connectivity index (χ0n) is 14.2. The van der Waals surface area contributed by atoms with Gasteiger partial charge in [0.05, 0.1) is 0 Å². The Bertz CT molecular complexity index is 685. The summed E-state index contributed by atoms with van der Waals surface area (Å²) < 4.78 is 0. The summed E-state index contributed by atoms with van der Waals surface area (Å²) in [6, 6.07) is 0. The smallest absolute Gasteiger partial charge is 0.0192 e. The van der Waals surface area contributed by atoms with Crippen molar-refractivity contribution < 1.29 is 0 Å². The minimum atomic E-state index is 0.868. The standard InChI is InChI=1S/C22H26/c1-6-13-9(2)11(4)14(12(5)10(13)3)7-8-22-19-16-15-17(19)21(22)18(15)20(16)22/h6,15-21H,1,7-8H2,2-5H3. The Morgan fingerprint density at radius 2 is 1.32 bits per heavy atom. The maximum absolute atomic E-state index is 4.02. The molecule has 6 fully saturated rings. The fourth-order valence-corrected chi connectivity index (χ4v) is 8.61. The van der Waals surface area contributed by atoms with Gasteiger partial charge in [-0.15, -0.1) is 0 Å². The van der Waals surface area contributed by atoms with E-state index in [1.165, 1.54) is 82.1 Å². The molecule has 0 N–H and O–H groups in total. The second-order valence-electron chi connectivity index (χ2n) is 9.10. The Balaban J connectivity index is 1.32. The molecular weight excluding hydrogens is 264 g/mol. The van der Waals surface area contributed by atoms with Gasteiger partial charge in [0.1, 0.15) is 0 Å². The van der Waals surface area contributed by atoms with Gasteiger partial charge in [0, 0.05) is 0 Å². The zero-order valence-corrected chi connectivity index (χ0v) is 14.2. The largest absolute Gasteiger partial charge is 0.0984 e. The van der Waals surface area contributed by atoms with E-state index in [4.69, 9.17) is 0 Å². The van der Waals surface area contributed by atoms with E-state index in [1.54, 1.807) is 5.56 Å². The van der Waals surface area contributed by atoms with Crippen molar-refractivity contribution in [1.29, 1.82) is 0 Å². The summed E-state index contributed by atoms with van der Waals surface area (Å²) in [5.74, 6) is 8.55. The number of benzene rings is 1. The van der Waals surface area contributed by atoms with Crippen LogP contribution in [0.15, 0.2) is 6.58 Å². The lowest BCUT2D eigenvalue weighted by atomic mass is 8.96. The number of hydrogen-bond donors (Lipinski definition) is 0. The lowest BCUT2D eigenvalue weighted by Crippen LogP contribution is -3.05. The van der Waals surface area contributed by atoms with Gasteiger partial charge in [-0.3, -0.25) is 0 Å². The van der Waals surface area contributed by atoms with Crippen molar-refractivity contribution in [3.8, 4) is 0 Å². The van der Waals surface area contributed by atoms with Crippen LogP contribution in [0.25, 0.3) is 6.08 Å². The van der Waals surface area contributed by atoms with Crippen LogP contribution in [-0.2, 0) is 6.42 Å². The molecule has 0 bridgehead atoms. The average molecular weight is 290 g/mol. The van der Waals surface area contributed by atoms with E-state index in [-0.39, 0.29) is 0 Å². The lowest BCUT2D eigenvalue weighted by Gasteiger charge is -3.08. The first kappa shape index (κ1) is 12.4. The molecule has 0 heterocycles. The number of rotatable bonds is 4. The fraction of sp³-hybridized carbons (Fsp3) is 0.636. The van der Waals surface area contributed by atoms with Crippen LogP contribution in [0.3, 0.4) is 0 Å². The van der Waals surface area contributed by atoms with E-state index in [9.17, 15) is 0 Å². The van der Waals surface area contributed by atoms with Gasteiger partial charge in [-0.2, -0.15) is 0 Å². The van der Waals surface area contributed by atoms with Gasteiger partial charge in [0.2, 0.25) is 0 Å². The van der Waals surface area contributed by atoms with E-state index >= 15 is 0 Å². The molecule has 0 amide bonds. The van der Waals surface area contributed by atoms with Gasteiger partial charge in [-0.1, -0.05) is 12.7 Å². The van der Waals surface area contributed by atoms with Crippen LogP contribution >= 0.6 is 0 Å². The van der Waals surface area contributed by atoms with Crippen LogP contribution in [0, 0.1) is 74.5 Å². The minimum Gasteiger partial charge on any atom is -0.0984 e. The average Bonchev–Trinajstić information content (AvgIpc) is 2.54. The fourth-order valence-electron chi connectivity index (χ4n) is 8.61. The Kier molecular flexibility index (Phi) is 1.83. The van der Waals surface area contributed by atoms with Crippen molar-refractivity contribution in [2.45, 2.75) is 40.5 Å².